The molecule has 0 fully saturated rings. The second kappa shape index (κ2) is 3.04. The lowest BCUT2D eigenvalue weighted by molar-refractivity contribution is -0.140. The molecule has 2 N–H and O–H groups in total. The maximum Gasteiger partial charge on any atom is 0.435 e. The molecule has 70 valence electrons. The topological polar surface area (TPSA) is 56.0 Å². The van der Waals surface area contributed by atoms with Gasteiger partial charge in [-0.1, -0.05) is 0 Å². The molecule has 0 radical (unpaired) electrons. The van der Waals surface area contributed by atoms with Gasteiger partial charge in [-0.3, -0.25) is 4.79 Å². The van der Waals surface area contributed by atoms with Crippen LogP contribution in [0.1, 0.15) is 16.1 Å². The van der Waals surface area contributed by atoms with Gasteiger partial charge in [0.1, 0.15) is 0 Å². The Bertz CT molecular complexity index is 335. The molecule has 0 aliphatic carbocycles. The minimum absolute atomic E-state index is 0.206. The molecule has 0 atom stereocenters. The Kier molecular flexibility index (Phi) is 2.22. The number of rotatable bonds is 1. The van der Waals surface area contributed by atoms with Crippen LogP contribution in [0.15, 0.2) is 12.3 Å². The number of aldehydes is 1. The minimum Gasteiger partial charge on any atom is -0.396 e. The van der Waals surface area contributed by atoms with Crippen molar-refractivity contribution in [1.82, 2.24) is 4.98 Å². The lowest BCUT2D eigenvalue weighted by Gasteiger charge is -2.08. The molecule has 0 amide bonds. The average Bonchev–Trinajstić information content (AvgIpc) is 2.02. The number of halogens is 3. The highest BCUT2D eigenvalue weighted by Gasteiger charge is 2.35. The lowest BCUT2D eigenvalue weighted by Crippen LogP contribution is -2.13. The maximum absolute atomic E-state index is 12.1. The zero-order chi connectivity index (χ0) is 10.1. The Labute approximate surface area is 71.4 Å². The van der Waals surface area contributed by atoms with Crippen molar-refractivity contribution in [3.63, 3.8) is 0 Å². The van der Waals surface area contributed by atoms with Crippen molar-refractivity contribution < 1.29 is 18.0 Å². The predicted octanol–water partition coefficient (Wildman–Crippen LogP) is 1.50. The van der Waals surface area contributed by atoms with E-state index in [4.69, 9.17) is 5.73 Å². The van der Waals surface area contributed by atoms with Crippen LogP contribution >= 0.6 is 0 Å². The van der Waals surface area contributed by atoms with Crippen molar-refractivity contribution in [1.29, 1.82) is 0 Å². The Morgan fingerprint density at radius 3 is 2.54 bits per heavy atom. The quantitative estimate of drug-likeness (QED) is 0.682. The number of nitrogens with zero attached hydrogens (tertiary/aromatic N) is 1. The van der Waals surface area contributed by atoms with Crippen molar-refractivity contribution in [3.05, 3.63) is 23.5 Å². The van der Waals surface area contributed by atoms with Gasteiger partial charge in [-0.2, -0.15) is 13.2 Å². The molecular weight excluding hydrogens is 185 g/mol. The second-order valence-electron chi connectivity index (χ2n) is 2.28. The van der Waals surface area contributed by atoms with Crippen molar-refractivity contribution in [2.24, 2.45) is 0 Å². The predicted molar refractivity (Wildman–Crippen MR) is 39.0 cm³/mol. The fourth-order valence-electron chi connectivity index (χ4n) is 0.817. The van der Waals surface area contributed by atoms with Gasteiger partial charge in [0.25, 0.3) is 0 Å². The summed E-state index contributed by atoms with van der Waals surface area (Å²) in [6.07, 6.45) is -3.47. The molecule has 0 bridgehead atoms. The van der Waals surface area contributed by atoms with Crippen LogP contribution in [0.25, 0.3) is 0 Å². The Morgan fingerprint density at radius 2 is 2.08 bits per heavy atom. The van der Waals surface area contributed by atoms with E-state index in [0.717, 1.165) is 12.3 Å². The number of carbonyl (C=O) groups is 1. The molecule has 0 aliphatic heterocycles. The summed E-state index contributed by atoms with van der Waals surface area (Å²) < 4.78 is 36.3. The molecule has 3 nitrogen and oxygen atoms in total. The van der Waals surface area contributed by atoms with Crippen LogP contribution in [0.5, 0.6) is 0 Å². The largest absolute Gasteiger partial charge is 0.435 e. The summed E-state index contributed by atoms with van der Waals surface area (Å²) in [6, 6.07) is 1.12. The van der Waals surface area contributed by atoms with Gasteiger partial charge < -0.3 is 5.73 Å². The fraction of sp³-hybridized carbons (Fsp3) is 0.143. The fourth-order valence-corrected chi connectivity index (χ4v) is 0.817. The van der Waals surface area contributed by atoms with E-state index < -0.39 is 17.6 Å². The van der Waals surface area contributed by atoms with E-state index in [-0.39, 0.29) is 11.8 Å². The highest BCUT2D eigenvalue weighted by Crippen LogP contribution is 2.32. The zero-order valence-electron chi connectivity index (χ0n) is 6.30. The summed E-state index contributed by atoms with van der Waals surface area (Å²) in [5.41, 5.74) is 3.00. The summed E-state index contributed by atoms with van der Waals surface area (Å²) in [6.45, 7) is 0. The van der Waals surface area contributed by atoms with Crippen LogP contribution in [0.3, 0.4) is 0 Å². The first kappa shape index (κ1) is 9.50. The first-order valence-corrected chi connectivity index (χ1v) is 3.23. The zero-order valence-corrected chi connectivity index (χ0v) is 6.30. The van der Waals surface area contributed by atoms with Gasteiger partial charge in [-0.15, -0.1) is 0 Å². The smallest absolute Gasteiger partial charge is 0.396 e. The molecule has 0 saturated heterocycles. The number of aromatic nitrogens is 1. The molecule has 13 heavy (non-hydrogen) atoms. The highest BCUT2D eigenvalue weighted by atomic mass is 19.4. The van der Waals surface area contributed by atoms with Crippen LogP contribution in [0.2, 0.25) is 0 Å². The number of anilines is 1. The third-order valence-corrected chi connectivity index (χ3v) is 1.42. The number of carbonyl (C=O) groups excluding carboxylic acids is 1. The Hall–Kier alpha value is -1.59. The lowest BCUT2D eigenvalue weighted by atomic mass is 10.2. The van der Waals surface area contributed by atoms with Crippen molar-refractivity contribution in [2.75, 3.05) is 5.73 Å². The SMILES string of the molecule is Nc1c(C=O)ccnc1C(F)(F)F. The number of hydrogen-bond donors (Lipinski definition) is 1. The van der Waals surface area contributed by atoms with Crippen molar-refractivity contribution in [2.45, 2.75) is 6.18 Å². The van der Waals surface area contributed by atoms with E-state index in [1.54, 1.807) is 0 Å². The molecule has 1 aromatic heterocycles. The van der Waals surface area contributed by atoms with E-state index in [0.29, 0.717) is 0 Å². The van der Waals surface area contributed by atoms with E-state index >= 15 is 0 Å². The highest BCUT2D eigenvalue weighted by molar-refractivity contribution is 5.83. The first-order chi connectivity index (χ1) is 5.96. The Morgan fingerprint density at radius 1 is 1.46 bits per heavy atom. The molecule has 1 aromatic rings. The number of pyridine rings is 1. The van der Waals surface area contributed by atoms with Crippen LogP contribution in [0, 0.1) is 0 Å². The summed E-state index contributed by atoms with van der Waals surface area (Å²) in [4.78, 5) is 13.3. The van der Waals surface area contributed by atoms with Crippen LogP contribution in [-0.2, 0) is 6.18 Å². The molecule has 0 aliphatic rings. The van der Waals surface area contributed by atoms with Gasteiger partial charge in [0, 0.05) is 11.8 Å². The monoisotopic (exact) mass is 190 g/mol. The average molecular weight is 190 g/mol. The van der Waals surface area contributed by atoms with Crippen LogP contribution < -0.4 is 5.73 Å². The molecule has 0 aromatic carbocycles. The third-order valence-electron chi connectivity index (χ3n) is 1.42. The van der Waals surface area contributed by atoms with Gasteiger partial charge in [0.05, 0.1) is 5.69 Å². The van der Waals surface area contributed by atoms with E-state index in [2.05, 4.69) is 4.98 Å². The molecule has 0 spiro atoms. The molecule has 0 saturated carbocycles. The van der Waals surface area contributed by atoms with E-state index in [1.165, 1.54) is 0 Å². The van der Waals surface area contributed by atoms with Gasteiger partial charge in [-0.05, 0) is 6.07 Å². The van der Waals surface area contributed by atoms with Crippen molar-refractivity contribution >= 4 is 12.0 Å². The van der Waals surface area contributed by atoms with Crippen LogP contribution in [-0.4, -0.2) is 11.3 Å². The number of nitrogen functional groups attached to an aromatic ring is 1. The molecular formula is C7H5F3N2O. The van der Waals surface area contributed by atoms with Gasteiger partial charge in [0.15, 0.2) is 12.0 Å². The van der Waals surface area contributed by atoms with E-state index in [1.807, 2.05) is 0 Å². The maximum atomic E-state index is 12.1. The molecule has 6 heteroatoms. The van der Waals surface area contributed by atoms with Gasteiger partial charge >= 0.3 is 6.18 Å². The standard InChI is InChI=1S/C7H5F3N2O/c8-7(9,10)6-5(11)4(3-13)1-2-12-6/h1-3H,11H2. The molecule has 1 heterocycles. The summed E-state index contributed by atoms with van der Waals surface area (Å²) in [5.74, 6) is 0. The third kappa shape index (κ3) is 1.77. The second-order valence-corrected chi connectivity index (χ2v) is 2.28. The first-order valence-electron chi connectivity index (χ1n) is 3.23. The summed E-state index contributed by atoms with van der Waals surface area (Å²) >= 11 is 0. The molecule has 0 unspecified atom stereocenters. The van der Waals surface area contributed by atoms with Gasteiger partial charge in [-0.25, -0.2) is 4.98 Å². The van der Waals surface area contributed by atoms with Gasteiger partial charge in [0.2, 0.25) is 0 Å². The van der Waals surface area contributed by atoms with E-state index in [9.17, 15) is 18.0 Å². The summed E-state index contributed by atoms with van der Waals surface area (Å²) in [7, 11) is 0. The number of alkyl halides is 3. The van der Waals surface area contributed by atoms with Crippen LogP contribution in [0.4, 0.5) is 18.9 Å². The minimum atomic E-state index is -4.62. The number of hydrogen-bond acceptors (Lipinski definition) is 3. The molecule has 1 rings (SSSR count). The Balaban J connectivity index is 3.32. The number of nitrogens with two attached hydrogens (primary N) is 1. The summed E-state index contributed by atoms with van der Waals surface area (Å²) in [5, 5.41) is 0. The van der Waals surface area contributed by atoms with Crippen molar-refractivity contribution in [3.8, 4) is 0 Å². The normalized spacial score (nSPS) is 11.3.